The third kappa shape index (κ3) is 4.21. The van der Waals surface area contributed by atoms with E-state index in [1.165, 1.54) is 5.56 Å². The van der Waals surface area contributed by atoms with Crippen molar-refractivity contribution in [2.75, 3.05) is 7.05 Å². The van der Waals surface area contributed by atoms with E-state index in [1.807, 2.05) is 48.5 Å². The predicted octanol–water partition coefficient (Wildman–Crippen LogP) is 5.72. The van der Waals surface area contributed by atoms with E-state index in [0.717, 1.165) is 22.1 Å². The van der Waals surface area contributed by atoms with Crippen LogP contribution in [0.15, 0.2) is 93.8 Å². The number of nitrogens with zero attached hydrogens (tertiary/aromatic N) is 3. The molecule has 0 bridgehead atoms. The molecule has 4 nitrogen and oxygen atoms in total. The zero-order valence-electron chi connectivity index (χ0n) is 15.5. The Kier molecular flexibility index (Phi) is 5.65. The Morgan fingerprint density at radius 2 is 1.61 bits per heavy atom. The number of aromatic nitrogens is 2. The first kappa shape index (κ1) is 18.6. The van der Waals surface area contributed by atoms with Gasteiger partial charge in [0.25, 0.3) is 0 Å². The molecule has 3 aromatic carbocycles. The largest absolute Gasteiger partial charge is 0.419 e. The number of halogens is 1. The summed E-state index contributed by atoms with van der Waals surface area (Å²) in [5.74, 6) is 1.10. The lowest BCUT2D eigenvalue weighted by atomic mass is 10.0. The average Bonchev–Trinajstić information content (AvgIpc) is 3.19. The molecule has 1 unspecified atom stereocenters. The molecule has 0 amide bonds. The van der Waals surface area contributed by atoms with Gasteiger partial charge in [-0.3, -0.25) is 4.90 Å². The first-order chi connectivity index (χ1) is 13.7. The van der Waals surface area contributed by atoms with Gasteiger partial charge in [0.15, 0.2) is 0 Å². The molecule has 1 heterocycles. The van der Waals surface area contributed by atoms with E-state index in [-0.39, 0.29) is 6.04 Å². The van der Waals surface area contributed by atoms with Gasteiger partial charge in [-0.15, -0.1) is 10.2 Å². The van der Waals surface area contributed by atoms with Crippen LogP contribution in [0.2, 0.25) is 0 Å². The molecule has 28 heavy (non-hydrogen) atoms. The molecule has 5 heteroatoms. The average molecular weight is 434 g/mol. The summed E-state index contributed by atoms with van der Waals surface area (Å²) in [6.07, 6.45) is 0. The second-order valence-electron chi connectivity index (χ2n) is 6.67. The van der Waals surface area contributed by atoms with E-state index in [2.05, 4.69) is 74.5 Å². The van der Waals surface area contributed by atoms with Crippen molar-refractivity contribution in [3.05, 3.63) is 106 Å². The highest BCUT2D eigenvalue weighted by Gasteiger charge is 2.25. The Morgan fingerprint density at radius 1 is 0.893 bits per heavy atom. The third-order valence-electron chi connectivity index (χ3n) is 4.58. The summed E-state index contributed by atoms with van der Waals surface area (Å²) < 4.78 is 7.09. The molecule has 1 aromatic heterocycles. The van der Waals surface area contributed by atoms with Gasteiger partial charge in [0.05, 0.1) is 0 Å². The van der Waals surface area contributed by atoms with Crippen LogP contribution in [0, 0.1) is 0 Å². The Morgan fingerprint density at radius 3 is 2.32 bits per heavy atom. The minimum atomic E-state index is -0.130. The van der Waals surface area contributed by atoms with E-state index < -0.39 is 0 Å². The van der Waals surface area contributed by atoms with Gasteiger partial charge in [-0.05, 0) is 36.4 Å². The summed E-state index contributed by atoms with van der Waals surface area (Å²) in [5, 5.41) is 8.69. The second kappa shape index (κ2) is 8.50. The molecular weight excluding hydrogens is 414 g/mol. The molecule has 0 aliphatic rings. The molecule has 0 spiro atoms. The van der Waals surface area contributed by atoms with Gasteiger partial charge in [0.1, 0.15) is 6.04 Å². The van der Waals surface area contributed by atoms with E-state index in [0.29, 0.717) is 11.8 Å². The number of rotatable bonds is 6. The van der Waals surface area contributed by atoms with Crippen molar-refractivity contribution in [2.24, 2.45) is 0 Å². The van der Waals surface area contributed by atoms with Crippen LogP contribution < -0.4 is 0 Å². The predicted molar refractivity (Wildman–Crippen MR) is 114 cm³/mol. The van der Waals surface area contributed by atoms with E-state index >= 15 is 0 Å². The molecular formula is C23H20BrN3O. The summed E-state index contributed by atoms with van der Waals surface area (Å²) in [5.41, 5.74) is 3.24. The topological polar surface area (TPSA) is 42.2 Å². The molecule has 0 saturated heterocycles. The van der Waals surface area contributed by atoms with Gasteiger partial charge in [-0.25, -0.2) is 0 Å². The summed E-state index contributed by atoms with van der Waals surface area (Å²) in [7, 11) is 2.08. The quantitative estimate of drug-likeness (QED) is 0.389. The molecule has 4 rings (SSSR count). The molecule has 4 aromatic rings. The van der Waals surface area contributed by atoms with Crippen LogP contribution in [0.5, 0.6) is 0 Å². The zero-order chi connectivity index (χ0) is 19.3. The standard InChI is InChI=1S/C23H20BrN3O/c1-27(16-17-9-4-2-5-10-17)21(18-11-6-3-7-12-18)23-26-25-22(28-23)19-13-8-14-20(24)15-19/h2-15,21H,16H2,1H3. The van der Waals surface area contributed by atoms with Gasteiger partial charge < -0.3 is 4.42 Å². The minimum absolute atomic E-state index is 0.130. The van der Waals surface area contributed by atoms with Crippen LogP contribution in [0.25, 0.3) is 11.5 Å². The monoisotopic (exact) mass is 433 g/mol. The molecule has 0 aliphatic heterocycles. The Bertz CT molecular complexity index is 1030. The van der Waals surface area contributed by atoms with Crippen molar-refractivity contribution < 1.29 is 4.42 Å². The van der Waals surface area contributed by atoms with Crippen LogP contribution >= 0.6 is 15.9 Å². The Labute approximate surface area is 173 Å². The van der Waals surface area contributed by atoms with Crippen LogP contribution in [0.3, 0.4) is 0 Å². The van der Waals surface area contributed by atoms with Gasteiger partial charge in [0, 0.05) is 16.6 Å². The van der Waals surface area contributed by atoms with Crippen LogP contribution in [-0.4, -0.2) is 22.1 Å². The molecule has 0 fully saturated rings. The van der Waals surface area contributed by atoms with Gasteiger partial charge >= 0.3 is 0 Å². The smallest absolute Gasteiger partial charge is 0.247 e. The fourth-order valence-electron chi connectivity index (χ4n) is 3.27. The van der Waals surface area contributed by atoms with E-state index in [1.54, 1.807) is 0 Å². The highest BCUT2D eigenvalue weighted by molar-refractivity contribution is 9.10. The number of hydrogen-bond acceptors (Lipinski definition) is 4. The highest BCUT2D eigenvalue weighted by Crippen LogP contribution is 2.30. The van der Waals surface area contributed by atoms with Crippen molar-refractivity contribution in [2.45, 2.75) is 12.6 Å². The molecule has 0 saturated carbocycles. The van der Waals surface area contributed by atoms with Gasteiger partial charge in [-0.2, -0.15) is 0 Å². The minimum Gasteiger partial charge on any atom is -0.419 e. The number of hydrogen-bond donors (Lipinski definition) is 0. The lowest BCUT2D eigenvalue weighted by Gasteiger charge is -2.25. The lowest BCUT2D eigenvalue weighted by molar-refractivity contribution is 0.235. The molecule has 1 atom stereocenters. The summed E-state index contributed by atoms with van der Waals surface area (Å²) in [6.45, 7) is 0.773. The van der Waals surface area contributed by atoms with Crippen molar-refractivity contribution >= 4 is 15.9 Å². The van der Waals surface area contributed by atoms with Gasteiger partial charge in [0.2, 0.25) is 11.8 Å². The number of benzene rings is 3. The first-order valence-electron chi connectivity index (χ1n) is 9.09. The maximum atomic E-state index is 6.12. The highest BCUT2D eigenvalue weighted by atomic mass is 79.9. The van der Waals surface area contributed by atoms with Crippen molar-refractivity contribution in [1.82, 2.24) is 15.1 Å². The fraction of sp³-hybridized carbons (Fsp3) is 0.130. The van der Waals surface area contributed by atoms with E-state index in [4.69, 9.17) is 4.42 Å². The van der Waals surface area contributed by atoms with Crippen molar-refractivity contribution in [3.63, 3.8) is 0 Å². The summed E-state index contributed by atoms with van der Waals surface area (Å²) in [4.78, 5) is 2.23. The third-order valence-corrected chi connectivity index (χ3v) is 5.07. The Balaban J connectivity index is 1.68. The molecule has 0 radical (unpaired) electrons. The van der Waals surface area contributed by atoms with Crippen molar-refractivity contribution in [1.29, 1.82) is 0 Å². The van der Waals surface area contributed by atoms with Crippen LogP contribution in [-0.2, 0) is 6.54 Å². The molecule has 0 N–H and O–H groups in total. The van der Waals surface area contributed by atoms with Crippen LogP contribution in [0.4, 0.5) is 0 Å². The SMILES string of the molecule is CN(Cc1ccccc1)C(c1ccccc1)c1nnc(-c2cccc(Br)c2)o1. The normalized spacial score (nSPS) is 12.2. The lowest BCUT2D eigenvalue weighted by Crippen LogP contribution is -2.25. The zero-order valence-corrected chi connectivity index (χ0v) is 17.1. The molecule has 0 aliphatic carbocycles. The summed E-state index contributed by atoms with van der Waals surface area (Å²) >= 11 is 3.49. The van der Waals surface area contributed by atoms with Crippen LogP contribution in [0.1, 0.15) is 23.1 Å². The van der Waals surface area contributed by atoms with Gasteiger partial charge in [-0.1, -0.05) is 82.7 Å². The maximum Gasteiger partial charge on any atom is 0.247 e. The Hall–Kier alpha value is -2.76. The fourth-order valence-corrected chi connectivity index (χ4v) is 3.67. The summed E-state index contributed by atoms with van der Waals surface area (Å²) in [6, 6.07) is 28.4. The molecule has 140 valence electrons. The second-order valence-corrected chi connectivity index (χ2v) is 7.59. The van der Waals surface area contributed by atoms with Crippen molar-refractivity contribution in [3.8, 4) is 11.5 Å². The first-order valence-corrected chi connectivity index (χ1v) is 9.88. The van der Waals surface area contributed by atoms with E-state index in [9.17, 15) is 0 Å². The maximum absolute atomic E-state index is 6.12.